The van der Waals surface area contributed by atoms with Gasteiger partial charge in [0.15, 0.2) is 0 Å². The third-order valence-corrected chi connectivity index (χ3v) is 4.64. The van der Waals surface area contributed by atoms with Gasteiger partial charge in [-0.25, -0.2) is 0 Å². The fourth-order valence-corrected chi connectivity index (χ4v) is 2.65. The Morgan fingerprint density at radius 1 is 1.35 bits per heavy atom. The summed E-state index contributed by atoms with van der Waals surface area (Å²) in [6.45, 7) is 7.99. The van der Waals surface area contributed by atoms with Crippen molar-refractivity contribution in [2.45, 2.75) is 51.0 Å². The molecule has 0 aromatic heterocycles. The highest BCUT2D eigenvalue weighted by Crippen LogP contribution is 2.21. The fourth-order valence-electron chi connectivity index (χ4n) is 1.70. The number of hydrogen-bond acceptors (Lipinski definition) is 3. The lowest BCUT2D eigenvalue weighted by Gasteiger charge is -2.27. The quantitative estimate of drug-likeness (QED) is 0.760. The molecule has 3 nitrogen and oxygen atoms in total. The van der Waals surface area contributed by atoms with Gasteiger partial charge >= 0.3 is 0 Å². The fraction of sp³-hybridized carbons (Fsp3) is 0.562. The number of thioether (sulfide) groups is 1. The molecule has 1 unspecified atom stereocenters. The monoisotopic (exact) mass is 295 g/mol. The Balaban J connectivity index is 2.40. The van der Waals surface area contributed by atoms with Gasteiger partial charge in [-0.2, -0.15) is 0 Å². The molecule has 0 saturated heterocycles. The summed E-state index contributed by atoms with van der Waals surface area (Å²) in [5, 5.41) is 12.2. The summed E-state index contributed by atoms with van der Waals surface area (Å²) in [4.78, 5) is 13.0. The normalized spacial score (nSPS) is 13.8. The number of carbonyl (C=O) groups is 1. The number of nitrogens with one attached hydrogen (secondary N) is 1. The first kappa shape index (κ1) is 17.1. The lowest BCUT2D eigenvalue weighted by atomic mass is 10.0. The van der Waals surface area contributed by atoms with Crippen LogP contribution in [0.4, 0.5) is 0 Å². The Labute approximate surface area is 126 Å². The number of aliphatic hydroxyl groups excluding tert-OH is 1. The van der Waals surface area contributed by atoms with Gasteiger partial charge in [0.2, 0.25) is 5.91 Å². The second-order valence-electron chi connectivity index (χ2n) is 5.47. The van der Waals surface area contributed by atoms with Crippen molar-refractivity contribution >= 4 is 17.7 Å². The van der Waals surface area contributed by atoms with Crippen LogP contribution in [-0.2, 0) is 4.79 Å². The van der Waals surface area contributed by atoms with Crippen molar-refractivity contribution in [2.24, 2.45) is 0 Å². The zero-order chi connectivity index (χ0) is 15.2. The highest BCUT2D eigenvalue weighted by molar-refractivity contribution is 7.99. The van der Waals surface area contributed by atoms with Crippen LogP contribution in [0, 0.1) is 13.8 Å². The minimum absolute atomic E-state index is 0.000247. The summed E-state index contributed by atoms with van der Waals surface area (Å²) in [5.41, 5.74) is 2.06. The number of benzene rings is 1. The molecule has 2 N–H and O–H groups in total. The van der Waals surface area contributed by atoms with Gasteiger partial charge in [0.25, 0.3) is 0 Å². The Hall–Kier alpha value is -1.00. The summed E-state index contributed by atoms with van der Waals surface area (Å²) >= 11 is 1.69. The standard InChI is InChI=1S/C16H25NO2S/c1-5-16(4,11-18)17-15(19)8-9-20-14-7-6-12(2)13(3)10-14/h6-7,10,18H,5,8-9,11H2,1-4H3,(H,17,19). The molecule has 1 aromatic rings. The molecule has 1 atom stereocenters. The van der Waals surface area contributed by atoms with Crippen molar-refractivity contribution in [1.82, 2.24) is 5.32 Å². The number of carbonyl (C=O) groups excluding carboxylic acids is 1. The van der Waals surface area contributed by atoms with Crippen LogP contribution in [0.1, 0.15) is 37.8 Å². The van der Waals surface area contributed by atoms with E-state index < -0.39 is 5.54 Å². The predicted molar refractivity (Wildman–Crippen MR) is 85.2 cm³/mol. The minimum atomic E-state index is -0.498. The minimum Gasteiger partial charge on any atom is -0.394 e. The van der Waals surface area contributed by atoms with Crippen LogP contribution in [0.3, 0.4) is 0 Å². The first-order chi connectivity index (χ1) is 9.40. The lowest BCUT2D eigenvalue weighted by Crippen LogP contribution is -2.48. The molecule has 1 aromatic carbocycles. The zero-order valence-corrected chi connectivity index (χ0v) is 13.6. The molecule has 0 heterocycles. The Morgan fingerprint density at radius 3 is 2.60 bits per heavy atom. The summed E-state index contributed by atoms with van der Waals surface area (Å²) in [6.07, 6.45) is 1.19. The molecule has 0 spiro atoms. The first-order valence-corrected chi connectivity index (χ1v) is 8.00. The van der Waals surface area contributed by atoms with Gasteiger partial charge < -0.3 is 10.4 Å². The molecular formula is C16H25NO2S. The first-order valence-electron chi connectivity index (χ1n) is 7.02. The average molecular weight is 295 g/mol. The van der Waals surface area contributed by atoms with Gasteiger partial charge in [-0.05, 0) is 50.5 Å². The van der Waals surface area contributed by atoms with E-state index in [1.54, 1.807) is 11.8 Å². The van der Waals surface area contributed by atoms with Gasteiger partial charge in [0.1, 0.15) is 0 Å². The van der Waals surface area contributed by atoms with Crippen molar-refractivity contribution in [3.8, 4) is 0 Å². The summed E-state index contributed by atoms with van der Waals surface area (Å²) in [7, 11) is 0. The zero-order valence-electron chi connectivity index (χ0n) is 12.8. The smallest absolute Gasteiger partial charge is 0.221 e. The average Bonchev–Trinajstić information content (AvgIpc) is 2.42. The SMILES string of the molecule is CCC(C)(CO)NC(=O)CCSc1ccc(C)c(C)c1. The number of hydrogen-bond donors (Lipinski definition) is 2. The van der Waals surface area contributed by atoms with E-state index in [2.05, 4.69) is 37.4 Å². The molecule has 1 rings (SSSR count). The molecule has 1 amide bonds. The molecule has 0 saturated carbocycles. The van der Waals surface area contributed by atoms with Crippen LogP contribution in [0.5, 0.6) is 0 Å². The van der Waals surface area contributed by atoms with E-state index >= 15 is 0 Å². The molecule has 0 aliphatic rings. The van der Waals surface area contributed by atoms with E-state index in [0.29, 0.717) is 6.42 Å². The highest BCUT2D eigenvalue weighted by atomic mass is 32.2. The predicted octanol–water partition coefficient (Wildman–Crippen LogP) is 3.06. The van der Waals surface area contributed by atoms with Gasteiger partial charge in [-0.15, -0.1) is 11.8 Å². The van der Waals surface area contributed by atoms with E-state index in [0.717, 1.165) is 12.2 Å². The summed E-state index contributed by atoms with van der Waals surface area (Å²) in [5.74, 6) is 0.749. The number of aliphatic hydroxyl groups is 1. The molecule has 0 aliphatic heterocycles. The van der Waals surface area contributed by atoms with Crippen LogP contribution >= 0.6 is 11.8 Å². The maximum Gasteiger partial charge on any atom is 0.221 e. The van der Waals surface area contributed by atoms with Crippen molar-refractivity contribution < 1.29 is 9.90 Å². The maximum atomic E-state index is 11.9. The highest BCUT2D eigenvalue weighted by Gasteiger charge is 2.22. The number of rotatable bonds is 7. The third kappa shape index (κ3) is 5.17. The van der Waals surface area contributed by atoms with Crippen LogP contribution < -0.4 is 5.32 Å². The molecule has 0 radical (unpaired) electrons. The Kier molecular flexibility index (Phi) is 6.56. The number of amides is 1. The molecule has 20 heavy (non-hydrogen) atoms. The number of aryl methyl sites for hydroxylation is 2. The van der Waals surface area contributed by atoms with E-state index in [-0.39, 0.29) is 12.5 Å². The second-order valence-corrected chi connectivity index (χ2v) is 6.63. The third-order valence-electron chi connectivity index (χ3n) is 3.65. The van der Waals surface area contributed by atoms with Gasteiger partial charge in [-0.3, -0.25) is 4.79 Å². The maximum absolute atomic E-state index is 11.9. The Bertz CT molecular complexity index is 456. The van der Waals surface area contributed by atoms with Crippen molar-refractivity contribution in [1.29, 1.82) is 0 Å². The molecule has 0 aliphatic carbocycles. The topological polar surface area (TPSA) is 49.3 Å². The van der Waals surface area contributed by atoms with Crippen LogP contribution in [-0.4, -0.2) is 28.9 Å². The van der Waals surface area contributed by atoms with Crippen LogP contribution in [0.25, 0.3) is 0 Å². The molecule has 0 bridgehead atoms. The summed E-state index contributed by atoms with van der Waals surface area (Å²) < 4.78 is 0. The molecule has 112 valence electrons. The van der Waals surface area contributed by atoms with Gasteiger partial charge in [0, 0.05) is 17.1 Å². The second kappa shape index (κ2) is 7.70. The van der Waals surface area contributed by atoms with Crippen molar-refractivity contribution in [2.75, 3.05) is 12.4 Å². The summed E-state index contributed by atoms with van der Waals surface area (Å²) in [6, 6.07) is 6.36. The van der Waals surface area contributed by atoms with Crippen molar-refractivity contribution in [3.05, 3.63) is 29.3 Å². The van der Waals surface area contributed by atoms with Gasteiger partial charge in [0.05, 0.1) is 12.1 Å². The van der Waals surface area contributed by atoms with E-state index in [1.165, 1.54) is 16.0 Å². The van der Waals surface area contributed by atoms with Gasteiger partial charge in [-0.1, -0.05) is 13.0 Å². The molecule has 0 fully saturated rings. The van der Waals surface area contributed by atoms with Crippen LogP contribution in [0.15, 0.2) is 23.1 Å². The Morgan fingerprint density at radius 2 is 2.05 bits per heavy atom. The van der Waals surface area contributed by atoms with E-state index in [4.69, 9.17) is 0 Å². The lowest BCUT2D eigenvalue weighted by molar-refractivity contribution is -0.123. The largest absolute Gasteiger partial charge is 0.394 e. The van der Waals surface area contributed by atoms with E-state index in [1.807, 2.05) is 13.8 Å². The molecular weight excluding hydrogens is 270 g/mol. The van der Waals surface area contributed by atoms with Crippen LogP contribution in [0.2, 0.25) is 0 Å². The van der Waals surface area contributed by atoms with Crippen molar-refractivity contribution in [3.63, 3.8) is 0 Å². The molecule has 4 heteroatoms. The van der Waals surface area contributed by atoms with E-state index in [9.17, 15) is 9.90 Å².